The third kappa shape index (κ3) is 3.86. The van der Waals surface area contributed by atoms with Crippen molar-refractivity contribution in [2.75, 3.05) is 24.6 Å². The van der Waals surface area contributed by atoms with Gasteiger partial charge in [0.05, 0.1) is 24.6 Å². The standard InChI is InChI=1S/C17H23NO4S/c1-2-14-5-3-4-6-16(14)22-15-10-18(11-15)17(19)9-13-7-8-23(20,21)12-13/h3-6,13,15H,2,7-12H2,1H3/t13-/m1/s1. The molecule has 0 aromatic heterocycles. The van der Waals surface area contributed by atoms with Crippen LogP contribution < -0.4 is 4.74 Å². The Morgan fingerprint density at radius 1 is 1.30 bits per heavy atom. The lowest BCUT2D eigenvalue weighted by molar-refractivity contribution is -0.140. The summed E-state index contributed by atoms with van der Waals surface area (Å²) < 4.78 is 28.9. The smallest absolute Gasteiger partial charge is 0.223 e. The van der Waals surface area contributed by atoms with E-state index in [0.29, 0.717) is 25.9 Å². The van der Waals surface area contributed by atoms with Crippen molar-refractivity contribution in [2.24, 2.45) is 5.92 Å². The minimum Gasteiger partial charge on any atom is -0.486 e. The number of aryl methyl sites for hydroxylation is 1. The summed E-state index contributed by atoms with van der Waals surface area (Å²) in [5.74, 6) is 1.33. The maximum Gasteiger partial charge on any atom is 0.223 e. The molecule has 0 N–H and O–H groups in total. The Morgan fingerprint density at radius 3 is 2.70 bits per heavy atom. The fraction of sp³-hybridized carbons (Fsp3) is 0.588. The van der Waals surface area contributed by atoms with Gasteiger partial charge in [-0.25, -0.2) is 8.42 Å². The number of likely N-dealkylation sites (tertiary alicyclic amines) is 1. The molecule has 2 fully saturated rings. The highest BCUT2D eigenvalue weighted by Gasteiger charge is 2.36. The number of rotatable bonds is 5. The van der Waals surface area contributed by atoms with Crippen molar-refractivity contribution in [1.82, 2.24) is 4.90 Å². The van der Waals surface area contributed by atoms with Gasteiger partial charge < -0.3 is 9.64 Å². The Labute approximate surface area is 137 Å². The number of carbonyl (C=O) groups is 1. The van der Waals surface area contributed by atoms with Crippen molar-refractivity contribution in [3.63, 3.8) is 0 Å². The zero-order valence-corrected chi connectivity index (χ0v) is 14.2. The van der Waals surface area contributed by atoms with Gasteiger partial charge in [0.1, 0.15) is 11.9 Å². The Morgan fingerprint density at radius 2 is 2.04 bits per heavy atom. The van der Waals surface area contributed by atoms with E-state index in [9.17, 15) is 13.2 Å². The predicted octanol–water partition coefficient (Wildman–Crippen LogP) is 1.66. The van der Waals surface area contributed by atoms with Gasteiger partial charge in [-0.15, -0.1) is 0 Å². The van der Waals surface area contributed by atoms with Crippen LogP contribution in [0.25, 0.3) is 0 Å². The van der Waals surface area contributed by atoms with Crippen LogP contribution in [-0.4, -0.2) is 49.9 Å². The van der Waals surface area contributed by atoms with Gasteiger partial charge >= 0.3 is 0 Å². The molecule has 2 heterocycles. The minimum absolute atomic E-state index is 0.00622. The molecule has 2 saturated heterocycles. The van der Waals surface area contributed by atoms with E-state index in [2.05, 4.69) is 13.0 Å². The van der Waals surface area contributed by atoms with Crippen LogP contribution in [0.3, 0.4) is 0 Å². The van der Waals surface area contributed by atoms with Crippen molar-refractivity contribution in [3.05, 3.63) is 29.8 Å². The quantitative estimate of drug-likeness (QED) is 0.820. The maximum absolute atomic E-state index is 12.2. The van der Waals surface area contributed by atoms with Gasteiger partial charge in [-0.2, -0.15) is 0 Å². The molecule has 0 spiro atoms. The van der Waals surface area contributed by atoms with Crippen LogP contribution in [0.5, 0.6) is 5.75 Å². The fourth-order valence-corrected chi connectivity index (χ4v) is 5.08. The van der Waals surface area contributed by atoms with E-state index in [-0.39, 0.29) is 29.4 Å². The molecule has 0 unspecified atom stereocenters. The summed E-state index contributed by atoms with van der Waals surface area (Å²) >= 11 is 0. The first-order valence-electron chi connectivity index (χ1n) is 8.19. The highest BCUT2D eigenvalue weighted by molar-refractivity contribution is 7.91. The summed E-state index contributed by atoms with van der Waals surface area (Å²) in [5.41, 5.74) is 1.17. The summed E-state index contributed by atoms with van der Waals surface area (Å²) in [6.07, 6.45) is 1.92. The first-order valence-corrected chi connectivity index (χ1v) is 10.0. The number of sulfone groups is 1. The van der Waals surface area contributed by atoms with Crippen LogP contribution in [0.1, 0.15) is 25.3 Å². The molecule has 5 nitrogen and oxygen atoms in total. The molecule has 0 saturated carbocycles. The second-order valence-electron chi connectivity index (χ2n) is 6.47. The third-order valence-electron chi connectivity index (χ3n) is 4.64. The number of hydrogen-bond acceptors (Lipinski definition) is 4. The molecule has 2 aliphatic heterocycles. The van der Waals surface area contributed by atoms with Crippen molar-refractivity contribution in [3.8, 4) is 5.75 Å². The molecular formula is C17H23NO4S. The van der Waals surface area contributed by atoms with E-state index in [4.69, 9.17) is 4.74 Å². The van der Waals surface area contributed by atoms with E-state index in [1.807, 2.05) is 18.2 Å². The van der Waals surface area contributed by atoms with E-state index in [1.54, 1.807) is 4.90 Å². The predicted molar refractivity (Wildman–Crippen MR) is 88.2 cm³/mol. The second-order valence-corrected chi connectivity index (χ2v) is 8.70. The maximum atomic E-state index is 12.2. The number of hydrogen-bond donors (Lipinski definition) is 0. The molecule has 126 valence electrons. The van der Waals surface area contributed by atoms with Gasteiger partial charge in [0.25, 0.3) is 0 Å². The Hall–Kier alpha value is -1.56. The van der Waals surface area contributed by atoms with E-state index < -0.39 is 9.84 Å². The largest absolute Gasteiger partial charge is 0.486 e. The summed E-state index contributed by atoms with van der Waals surface area (Å²) in [5, 5.41) is 0. The molecular weight excluding hydrogens is 314 g/mol. The molecule has 1 atom stereocenters. The zero-order valence-electron chi connectivity index (χ0n) is 13.4. The first-order chi connectivity index (χ1) is 11.0. The number of nitrogens with zero attached hydrogens (tertiary/aromatic N) is 1. The van der Waals surface area contributed by atoms with Gasteiger partial charge in [0.2, 0.25) is 5.91 Å². The van der Waals surface area contributed by atoms with Crippen LogP contribution in [0, 0.1) is 5.92 Å². The van der Waals surface area contributed by atoms with E-state index in [1.165, 1.54) is 5.56 Å². The number of benzene rings is 1. The molecule has 2 aliphatic rings. The Bertz CT molecular complexity index is 680. The number of ether oxygens (including phenoxy) is 1. The van der Waals surface area contributed by atoms with Crippen LogP contribution in [0.2, 0.25) is 0 Å². The molecule has 1 aromatic rings. The SMILES string of the molecule is CCc1ccccc1OC1CN(C(=O)C[C@H]2CCS(=O)(=O)C2)C1. The minimum atomic E-state index is -2.91. The molecule has 1 amide bonds. The zero-order chi connectivity index (χ0) is 16.4. The van der Waals surface area contributed by atoms with Gasteiger partial charge in [-0.3, -0.25) is 4.79 Å². The van der Waals surface area contributed by atoms with Crippen molar-refractivity contribution >= 4 is 15.7 Å². The molecule has 0 bridgehead atoms. The van der Waals surface area contributed by atoms with Gasteiger partial charge in [0, 0.05) is 6.42 Å². The second kappa shape index (κ2) is 6.51. The molecule has 0 radical (unpaired) electrons. The number of carbonyl (C=O) groups excluding carboxylic acids is 1. The first kappa shape index (κ1) is 16.3. The van der Waals surface area contributed by atoms with Crippen LogP contribution in [0.15, 0.2) is 24.3 Å². The Kier molecular flexibility index (Phi) is 4.62. The summed E-state index contributed by atoms with van der Waals surface area (Å²) in [6, 6.07) is 7.97. The van der Waals surface area contributed by atoms with Crippen LogP contribution >= 0.6 is 0 Å². The Balaban J connectivity index is 1.46. The van der Waals surface area contributed by atoms with Crippen LogP contribution in [-0.2, 0) is 21.1 Å². The van der Waals surface area contributed by atoms with Gasteiger partial charge in [-0.05, 0) is 30.4 Å². The molecule has 3 rings (SSSR count). The summed E-state index contributed by atoms with van der Waals surface area (Å²) in [7, 11) is -2.91. The van der Waals surface area contributed by atoms with Gasteiger partial charge in [-0.1, -0.05) is 25.1 Å². The van der Waals surface area contributed by atoms with Crippen molar-refractivity contribution < 1.29 is 17.9 Å². The van der Waals surface area contributed by atoms with Crippen molar-refractivity contribution in [1.29, 1.82) is 0 Å². The lowest BCUT2D eigenvalue weighted by Gasteiger charge is -2.39. The van der Waals surface area contributed by atoms with E-state index in [0.717, 1.165) is 12.2 Å². The number of para-hydroxylation sites is 1. The topological polar surface area (TPSA) is 63.7 Å². The molecule has 23 heavy (non-hydrogen) atoms. The highest BCUT2D eigenvalue weighted by Crippen LogP contribution is 2.26. The average molecular weight is 337 g/mol. The fourth-order valence-electron chi connectivity index (χ4n) is 3.22. The van der Waals surface area contributed by atoms with Crippen molar-refractivity contribution in [2.45, 2.75) is 32.3 Å². The van der Waals surface area contributed by atoms with E-state index >= 15 is 0 Å². The molecule has 1 aromatic carbocycles. The third-order valence-corrected chi connectivity index (χ3v) is 6.47. The van der Waals surface area contributed by atoms with Crippen LogP contribution in [0.4, 0.5) is 0 Å². The highest BCUT2D eigenvalue weighted by atomic mass is 32.2. The monoisotopic (exact) mass is 337 g/mol. The normalized spacial score (nSPS) is 23.5. The number of amides is 1. The lowest BCUT2D eigenvalue weighted by Crippen LogP contribution is -2.56. The molecule has 0 aliphatic carbocycles. The van der Waals surface area contributed by atoms with Gasteiger partial charge in [0.15, 0.2) is 9.84 Å². The lowest BCUT2D eigenvalue weighted by atomic mass is 10.0. The average Bonchev–Trinajstić information content (AvgIpc) is 2.81. The summed E-state index contributed by atoms with van der Waals surface area (Å²) in [6.45, 7) is 3.28. The summed E-state index contributed by atoms with van der Waals surface area (Å²) in [4.78, 5) is 14.0. The molecule has 6 heteroatoms.